The van der Waals surface area contributed by atoms with Crippen LogP contribution in [0.25, 0.3) is 0 Å². The van der Waals surface area contributed by atoms with E-state index in [4.69, 9.17) is 19.4 Å². The third-order valence-electron chi connectivity index (χ3n) is 4.32. The lowest BCUT2D eigenvalue weighted by Gasteiger charge is -2.17. The van der Waals surface area contributed by atoms with Crippen molar-refractivity contribution in [2.24, 2.45) is 0 Å². The Labute approximate surface area is 149 Å². The molecule has 0 unspecified atom stereocenters. The molecule has 10 heteroatoms. The van der Waals surface area contributed by atoms with Crippen LogP contribution in [-0.2, 0) is 31.9 Å². The van der Waals surface area contributed by atoms with E-state index in [0.29, 0.717) is 30.1 Å². The van der Waals surface area contributed by atoms with Crippen LogP contribution in [-0.4, -0.2) is 70.1 Å². The molecule has 10 nitrogen and oxygen atoms in total. The second-order valence-electron chi connectivity index (χ2n) is 6.05. The summed E-state index contributed by atoms with van der Waals surface area (Å²) in [5, 5.41) is 19.4. The van der Waals surface area contributed by atoms with Gasteiger partial charge in [-0.1, -0.05) is 6.92 Å². The van der Waals surface area contributed by atoms with E-state index in [1.807, 2.05) is 6.92 Å². The molecule has 4 atom stereocenters. The number of fused-ring (bicyclic) bond motifs is 1. The third kappa shape index (κ3) is 4.45. The van der Waals surface area contributed by atoms with E-state index in [9.17, 15) is 14.7 Å². The Balaban J connectivity index is 0.000000758. The van der Waals surface area contributed by atoms with Crippen molar-refractivity contribution in [1.82, 2.24) is 15.3 Å². The molecule has 0 radical (unpaired) electrons. The van der Waals surface area contributed by atoms with E-state index in [1.165, 1.54) is 0 Å². The number of rotatable bonds is 4. The minimum atomic E-state index is -0.655. The molecule has 3 heterocycles. The summed E-state index contributed by atoms with van der Waals surface area (Å²) in [6.45, 7) is 3.88. The average Bonchev–Trinajstić information content (AvgIpc) is 3.15. The number of aliphatic hydroxyl groups is 1. The van der Waals surface area contributed by atoms with E-state index in [1.54, 1.807) is 6.92 Å². The van der Waals surface area contributed by atoms with E-state index in [-0.39, 0.29) is 43.1 Å². The molecule has 2 fully saturated rings. The molecule has 2 aliphatic heterocycles. The fourth-order valence-electron chi connectivity index (χ4n) is 3.07. The highest BCUT2D eigenvalue weighted by Gasteiger charge is 2.47. The molecule has 0 bridgehead atoms. The highest BCUT2D eigenvalue weighted by Crippen LogP contribution is 2.26. The number of carbonyl (C=O) groups is 2. The minimum Gasteiger partial charge on any atom is -0.483 e. The normalized spacial score (nSPS) is 26.6. The smallest absolute Gasteiger partial charge is 0.290 e. The lowest BCUT2D eigenvalue weighted by Crippen LogP contribution is -2.45. The highest BCUT2D eigenvalue weighted by molar-refractivity contribution is 5.79. The van der Waals surface area contributed by atoms with E-state index < -0.39 is 12.2 Å². The Kier molecular flexibility index (Phi) is 6.83. The summed E-state index contributed by atoms with van der Waals surface area (Å²) < 4.78 is 10.9. The number of aromatic amines is 1. The van der Waals surface area contributed by atoms with Crippen LogP contribution >= 0.6 is 0 Å². The molecule has 4 N–H and O–H groups in total. The molecule has 0 saturated carbocycles. The fraction of sp³-hybridized carbons (Fsp3) is 0.625. The van der Waals surface area contributed by atoms with E-state index in [0.717, 1.165) is 0 Å². The van der Waals surface area contributed by atoms with Crippen molar-refractivity contribution in [3.8, 4) is 0 Å². The first-order valence-corrected chi connectivity index (χ1v) is 8.28. The largest absolute Gasteiger partial charge is 0.483 e. The molecule has 0 aromatic carbocycles. The summed E-state index contributed by atoms with van der Waals surface area (Å²) in [5.41, 5.74) is 0.647. The van der Waals surface area contributed by atoms with Gasteiger partial charge in [0.15, 0.2) is 0 Å². The van der Waals surface area contributed by atoms with Gasteiger partial charge in [0.1, 0.15) is 24.1 Å². The van der Waals surface area contributed by atoms with Crippen LogP contribution in [0.1, 0.15) is 24.0 Å². The zero-order chi connectivity index (χ0) is 19.3. The predicted octanol–water partition coefficient (Wildman–Crippen LogP) is -1.47. The van der Waals surface area contributed by atoms with Crippen molar-refractivity contribution in [3.63, 3.8) is 0 Å². The fourth-order valence-corrected chi connectivity index (χ4v) is 3.07. The summed E-state index contributed by atoms with van der Waals surface area (Å²) in [6, 6.07) is -0.313. The predicted molar refractivity (Wildman–Crippen MR) is 88.8 cm³/mol. The maximum absolute atomic E-state index is 12.2. The van der Waals surface area contributed by atoms with Gasteiger partial charge in [-0.2, -0.15) is 0 Å². The Morgan fingerprint density at radius 2 is 2.04 bits per heavy atom. The van der Waals surface area contributed by atoms with Gasteiger partial charge in [-0.25, -0.2) is 4.98 Å². The first-order chi connectivity index (χ1) is 12.4. The number of hydrogen-bond acceptors (Lipinski definition) is 7. The number of H-pyrrole nitrogens is 1. The van der Waals surface area contributed by atoms with Crippen molar-refractivity contribution in [2.45, 2.75) is 51.0 Å². The lowest BCUT2D eigenvalue weighted by molar-refractivity contribution is -0.123. The van der Waals surface area contributed by atoms with Crippen LogP contribution < -0.4 is 10.9 Å². The van der Waals surface area contributed by atoms with Gasteiger partial charge >= 0.3 is 0 Å². The van der Waals surface area contributed by atoms with Crippen molar-refractivity contribution in [2.75, 3.05) is 13.2 Å². The Morgan fingerprint density at radius 3 is 2.65 bits per heavy atom. The standard InChI is InChI=1S/C15H21N3O5.CH2O2/c1-3-11-16-7(2)8(15(21)18-11)4-12(20)17-9-5-22-14-10(19)6-23-13(9)14;2-1-3/h9-10,13-14,19H,3-6H2,1-2H3,(H,17,20)(H,16,18,21);1H,(H,2,3)/t9-,10-,13-,14-;/m1./s1. The number of hydrogen-bond donors (Lipinski definition) is 4. The second-order valence-corrected chi connectivity index (χ2v) is 6.05. The van der Waals surface area contributed by atoms with Gasteiger partial charge in [0.2, 0.25) is 5.91 Å². The SMILES string of the molecule is CCc1nc(C)c(CC(=O)N[C@@H]2CO[C@H]3[C@@H]2OC[C@H]3O)c(=O)[nH]1.O=CO. The maximum Gasteiger partial charge on any atom is 0.290 e. The summed E-state index contributed by atoms with van der Waals surface area (Å²) in [4.78, 5) is 39.6. The number of nitrogens with zero attached hydrogens (tertiary/aromatic N) is 1. The minimum absolute atomic E-state index is 0.0470. The quantitative estimate of drug-likeness (QED) is 0.470. The summed E-state index contributed by atoms with van der Waals surface area (Å²) >= 11 is 0. The number of aryl methyl sites for hydroxylation is 2. The molecule has 26 heavy (non-hydrogen) atoms. The van der Waals surface area contributed by atoms with Crippen molar-refractivity contribution in [3.05, 3.63) is 27.4 Å². The van der Waals surface area contributed by atoms with Crippen LogP contribution in [0.15, 0.2) is 4.79 Å². The number of ether oxygens (including phenoxy) is 2. The molecule has 144 valence electrons. The number of carboxylic acid groups (broad SMARTS) is 1. The number of aromatic nitrogens is 2. The van der Waals surface area contributed by atoms with E-state index >= 15 is 0 Å². The van der Waals surface area contributed by atoms with Gasteiger partial charge in [-0.3, -0.25) is 14.4 Å². The average molecular weight is 369 g/mol. The Hall–Kier alpha value is -2.30. The van der Waals surface area contributed by atoms with Crippen LogP contribution in [0, 0.1) is 6.92 Å². The number of amides is 1. The van der Waals surface area contributed by atoms with Crippen LogP contribution in [0.2, 0.25) is 0 Å². The van der Waals surface area contributed by atoms with E-state index in [2.05, 4.69) is 15.3 Å². The van der Waals surface area contributed by atoms with Gasteiger partial charge in [-0.05, 0) is 6.92 Å². The van der Waals surface area contributed by atoms with Gasteiger partial charge in [-0.15, -0.1) is 0 Å². The molecular weight excluding hydrogens is 346 g/mol. The lowest BCUT2D eigenvalue weighted by atomic mass is 10.1. The van der Waals surface area contributed by atoms with Crippen LogP contribution in [0.3, 0.4) is 0 Å². The highest BCUT2D eigenvalue weighted by atomic mass is 16.6. The summed E-state index contributed by atoms with van der Waals surface area (Å²) in [5.74, 6) is 0.320. The first kappa shape index (κ1) is 20.0. The van der Waals surface area contributed by atoms with Gasteiger partial charge in [0, 0.05) is 17.7 Å². The Bertz CT molecular complexity index is 706. The van der Waals surface area contributed by atoms with Crippen LogP contribution in [0.4, 0.5) is 0 Å². The molecule has 1 aromatic heterocycles. The zero-order valence-electron chi connectivity index (χ0n) is 14.6. The molecule has 2 saturated heterocycles. The summed E-state index contributed by atoms with van der Waals surface area (Å²) in [7, 11) is 0. The third-order valence-corrected chi connectivity index (χ3v) is 4.32. The second kappa shape index (κ2) is 8.88. The molecular formula is C16H23N3O7. The molecule has 1 amide bonds. The molecule has 1 aromatic rings. The number of carbonyl (C=O) groups excluding carboxylic acids is 1. The molecule has 0 spiro atoms. The van der Waals surface area contributed by atoms with Crippen molar-refractivity contribution < 1.29 is 29.3 Å². The molecule has 0 aliphatic carbocycles. The number of aliphatic hydroxyl groups excluding tert-OH is 1. The number of nitrogens with one attached hydrogen (secondary N) is 2. The summed E-state index contributed by atoms with van der Waals surface area (Å²) in [6.07, 6.45) is -0.804. The van der Waals surface area contributed by atoms with Gasteiger partial charge < -0.3 is 30.0 Å². The molecule has 3 rings (SSSR count). The Morgan fingerprint density at radius 1 is 1.38 bits per heavy atom. The van der Waals surface area contributed by atoms with Gasteiger partial charge in [0.25, 0.3) is 12.0 Å². The van der Waals surface area contributed by atoms with Crippen LogP contribution in [0.5, 0.6) is 0 Å². The molecule has 2 aliphatic rings. The topological polar surface area (TPSA) is 151 Å². The first-order valence-electron chi connectivity index (χ1n) is 8.28. The van der Waals surface area contributed by atoms with Crippen molar-refractivity contribution in [1.29, 1.82) is 0 Å². The van der Waals surface area contributed by atoms with Gasteiger partial charge in [0.05, 0.1) is 25.7 Å². The maximum atomic E-state index is 12.2. The van der Waals surface area contributed by atoms with Crippen molar-refractivity contribution >= 4 is 12.4 Å². The monoisotopic (exact) mass is 369 g/mol. The zero-order valence-corrected chi connectivity index (χ0v) is 14.6.